The number of aromatic nitrogens is 1. The lowest BCUT2D eigenvalue weighted by Gasteiger charge is -2.27. The van der Waals surface area contributed by atoms with Crippen LogP contribution >= 0.6 is 11.3 Å². The maximum Gasteiger partial charge on any atom is 0.408 e. The summed E-state index contributed by atoms with van der Waals surface area (Å²) in [4.78, 5) is 30.2. The Bertz CT molecular complexity index is 1110. The highest BCUT2D eigenvalue weighted by atomic mass is 32.2. The van der Waals surface area contributed by atoms with Gasteiger partial charge in [-0.3, -0.25) is 14.1 Å². The minimum atomic E-state index is -4.37. The van der Waals surface area contributed by atoms with Gasteiger partial charge in [0.2, 0.25) is 5.91 Å². The van der Waals surface area contributed by atoms with Gasteiger partial charge in [-0.1, -0.05) is 32.9 Å². The van der Waals surface area contributed by atoms with Crippen LogP contribution in [0, 0.1) is 5.92 Å². The molecule has 0 fully saturated rings. The summed E-state index contributed by atoms with van der Waals surface area (Å²) in [5.41, 5.74) is 1.23. The molecule has 0 aliphatic carbocycles. The molecular formula is C23H34N4O6S2. The molecule has 4 N–H and O–H groups in total. The lowest BCUT2D eigenvalue weighted by atomic mass is 10.0. The summed E-state index contributed by atoms with van der Waals surface area (Å²) in [7, 11) is -4.37. The van der Waals surface area contributed by atoms with Gasteiger partial charge in [-0.05, 0) is 57.2 Å². The Morgan fingerprint density at radius 3 is 2.26 bits per heavy atom. The molecule has 2 rings (SSSR count). The number of alkyl carbamates (subject to hydrolysis) is 1. The summed E-state index contributed by atoms with van der Waals surface area (Å²) in [6, 6.07) is 5.12. The SMILES string of the molecule is CCc1csc([C@H](Cc2ccc(NS(=O)(=O)O)cc2)NC(=O)C(NC(=O)OC(C)(C)C)C(C)C)n1. The Balaban J connectivity index is 2.23. The zero-order valence-electron chi connectivity index (χ0n) is 20.8. The largest absolute Gasteiger partial charge is 0.444 e. The first-order valence-corrected chi connectivity index (χ1v) is 13.6. The number of rotatable bonds is 10. The molecule has 0 bridgehead atoms. The van der Waals surface area contributed by atoms with E-state index in [1.807, 2.05) is 30.9 Å². The van der Waals surface area contributed by atoms with E-state index >= 15 is 0 Å². The van der Waals surface area contributed by atoms with E-state index in [1.165, 1.54) is 23.5 Å². The van der Waals surface area contributed by atoms with Crippen LogP contribution in [-0.4, -0.2) is 41.6 Å². The number of carbonyl (C=O) groups is 2. The fourth-order valence-electron chi connectivity index (χ4n) is 3.17. The lowest BCUT2D eigenvalue weighted by molar-refractivity contribution is -0.125. The molecular weight excluding hydrogens is 492 g/mol. The molecule has 1 heterocycles. The molecule has 2 atom stereocenters. The van der Waals surface area contributed by atoms with Crippen molar-refractivity contribution < 1.29 is 27.3 Å². The summed E-state index contributed by atoms with van der Waals surface area (Å²) < 4.78 is 38.3. The van der Waals surface area contributed by atoms with Gasteiger partial charge in [0.05, 0.1) is 17.4 Å². The van der Waals surface area contributed by atoms with Gasteiger partial charge in [-0.2, -0.15) is 8.42 Å². The van der Waals surface area contributed by atoms with Crippen LogP contribution in [0.25, 0.3) is 0 Å². The average Bonchev–Trinajstić information content (AvgIpc) is 3.19. The molecule has 2 aromatic rings. The molecule has 12 heteroatoms. The minimum absolute atomic E-state index is 0.198. The molecule has 1 aromatic heterocycles. The maximum atomic E-state index is 13.2. The molecule has 0 spiro atoms. The van der Waals surface area contributed by atoms with Crippen LogP contribution < -0.4 is 15.4 Å². The smallest absolute Gasteiger partial charge is 0.408 e. The highest BCUT2D eigenvalue weighted by Crippen LogP contribution is 2.24. The maximum absolute atomic E-state index is 13.2. The van der Waals surface area contributed by atoms with Crippen molar-refractivity contribution in [1.82, 2.24) is 15.6 Å². The number of anilines is 1. The van der Waals surface area contributed by atoms with Crippen molar-refractivity contribution >= 4 is 39.3 Å². The van der Waals surface area contributed by atoms with Gasteiger partial charge < -0.3 is 15.4 Å². The number of thiazole rings is 1. The Labute approximate surface area is 210 Å². The van der Waals surface area contributed by atoms with E-state index in [4.69, 9.17) is 9.29 Å². The molecule has 0 saturated heterocycles. The second-order valence-corrected chi connectivity index (χ2v) is 11.5. The summed E-state index contributed by atoms with van der Waals surface area (Å²) in [5.74, 6) is -0.565. The molecule has 2 amide bonds. The lowest BCUT2D eigenvalue weighted by Crippen LogP contribution is -2.51. The molecule has 35 heavy (non-hydrogen) atoms. The van der Waals surface area contributed by atoms with Crippen molar-refractivity contribution in [3.8, 4) is 0 Å². The van der Waals surface area contributed by atoms with E-state index in [2.05, 4.69) is 15.6 Å². The predicted molar refractivity (Wildman–Crippen MR) is 136 cm³/mol. The van der Waals surface area contributed by atoms with Crippen molar-refractivity contribution in [1.29, 1.82) is 0 Å². The van der Waals surface area contributed by atoms with Crippen LogP contribution in [-0.2, 0) is 32.7 Å². The Kier molecular flexibility index (Phi) is 9.64. The molecule has 10 nitrogen and oxygen atoms in total. The molecule has 0 saturated carbocycles. The monoisotopic (exact) mass is 526 g/mol. The van der Waals surface area contributed by atoms with Gasteiger partial charge in [-0.25, -0.2) is 9.78 Å². The van der Waals surface area contributed by atoms with Gasteiger partial charge in [0.1, 0.15) is 16.7 Å². The third kappa shape index (κ3) is 9.82. The number of nitrogens with one attached hydrogen (secondary N) is 3. The van der Waals surface area contributed by atoms with Crippen LogP contribution in [0.15, 0.2) is 29.6 Å². The summed E-state index contributed by atoms with van der Waals surface area (Å²) in [6.07, 6.45) is 0.459. The van der Waals surface area contributed by atoms with Gasteiger partial charge in [0, 0.05) is 5.38 Å². The van der Waals surface area contributed by atoms with Crippen molar-refractivity contribution in [3.63, 3.8) is 0 Å². The summed E-state index contributed by atoms with van der Waals surface area (Å²) >= 11 is 1.43. The first-order chi connectivity index (χ1) is 16.2. The van der Waals surface area contributed by atoms with E-state index in [-0.39, 0.29) is 17.5 Å². The summed E-state index contributed by atoms with van der Waals surface area (Å²) in [6.45, 7) is 10.9. The number of amides is 2. The predicted octanol–water partition coefficient (Wildman–Crippen LogP) is 3.87. The molecule has 1 unspecified atom stereocenters. The zero-order chi connectivity index (χ0) is 26.4. The fraction of sp³-hybridized carbons (Fsp3) is 0.522. The Hall–Kier alpha value is -2.70. The van der Waals surface area contributed by atoms with Crippen LogP contribution in [0.3, 0.4) is 0 Å². The first-order valence-electron chi connectivity index (χ1n) is 11.2. The van der Waals surface area contributed by atoms with Gasteiger partial charge >= 0.3 is 16.4 Å². The van der Waals surface area contributed by atoms with Gasteiger partial charge in [0.25, 0.3) is 0 Å². The van der Waals surface area contributed by atoms with E-state index in [1.54, 1.807) is 32.9 Å². The molecule has 0 aliphatic heterocycles. The number of carbonyl (C=O) groups excluding carboxylic acids is 2. The van der Waals surface area contributed by atoms with Gasteiger partial charge in [0.15, 0.2) is 0 Å². The van der Waals surface area contributed by atoms with Gasteiger partial charge in [-0.15, -0.1) is 11.3 Å². The third-order valence-electron chi connectivity index (χ3n) is 4.81. The zero-order valence-corrected chi connectivity index (χ0v) is 22.4. The number of nitrogens with zero attached hydrogens (tertiary/aromatic N) is 1. The van der Waals surface area contributed by atoms with Crippen LogP contribution in [0.5, 0.6) is 0 Å². The van der Waals surface area contributed by atoms with E-state index in [0.717, 1.165) is 22.7 Å². The summed E-state index contributed by atoms with van der Waals surface area (Å²) in [5, 5.41) is 8.32. The molecule has 0 aliphatic rings. The van der Waals surface area contributed by atoms with E-state index in [9.17, 15) is 18.0 Å². The normalized spacial score (nSPS) is 13.7. The minimum Gasteiger partial charge on any atom is -0.444 e. The fourth-order valence-corrected chi connectivity index (χ4v) is 4.56. The molecule has 0 radical (unpaired) electrons. The number of benzene rings is 1. The van der Waals surface area contributed by atoms with E-state index in [0.29, 0.717) is 6.42 Å². The molecule has 194 valence electrons. The third-order valence-corrected chi connectivity index (χ3v) is 6.31. The average molecular weight is 527 g/mol. The second-order valence-electron chi connectivity index (χ2n) is 9.44. The topological polar surface area (TPSA) is 147 Å². The highest BCUT2D eigenvalue weighted by molar-refractivity contribution is 7.87. The highest BCUT2D eigenvalue weighted by Gasteiger charge is 2.29. The van der Waals surface area contributed by atoms with Crippen molar-refractivity contribution in [2.75, 3.05) is 4.72 Å². The number of hydrogen-bond acceptors (Lipinski definition) is 7. The quantitative estimate of drug-likeness (QED) is 0.344. The van der Waals surface area contributed by atoms with Crippen LogP contribution in [0.4, 0.5) is 10.5 Å². The van der Waals surface area contributed by atoms with Crippen molar-refractivity contribution in [2.45, 2.75) is 72.1 Å². The first kappa shape index (κ1) is 28.5. The second kappa shape index (κ2) is 11.8. The van der Waals surface area contributed by atoms with Crippen LogP contribution in [0.1, 0.15) is 63.8 Å². The Morgan fingerprint density at radius 1 is 1.14 bits per heavy atom. The number of aryl methyl sites for hydroxylation is 1. The van der Waals surface area contributed by atoms with Crippen molar-refractivity contribution in [2.24, 2.45) is 5.92 Å². The number of hydrogen-bond donors (Lipinski definition) is 4. The van der Waals surface area contributed by atoms with Crippen molar-refractivity contribution in [3.05, 3.63) is 45.9 Å². The van der Waals surface area contributed by atoms with E-state index < -0.39 is 34.1 Å². The standard InChI is InChI=1S/C23H34N4O6S2/c1-7-16-13-34-21(24-16)18(12-15-8-10-17(11-9-15)27-35(30,31)32)25-20(28)19(14(2)3)26-22(29)33-23(4,5)6/h8-11,13-14,18-19,27H,7,12H2,1-6H3,(H,25,28)(H,26,29)(H,30,31,32)/t18-,19?/m0/s1. The number of ether oxygens (including phenoxy) is 1. The Morgan fingerprint density at radius 2 is 1.77 bits per heavy atom. The van der Waals surface area contributed by atoms with Crippen LogP contribution in [0.2, 0.25) is 0 Å². The molecule has 1 aromatic carbocycles.